The van der Waals surface area contributed by atoms with Crippen LogP contribution in [0.3, 0.4) is 0 Å². The molecule has 10 heteroatoms. The Bertz CT molecular complexity index is 1510. The summed E-state index contributed by atoms with van der Waals surface area (Å²) in [7, 11) is 0. The van der Waals surface area contributed by atoms with Gasteiger partial charge in [-0.15, -0.1) is 11.8 Å². The van der Waals surface area contributed by atoms with Crippen molar-refractivity contribution in [3.8, 4) is 11.3 Å². The third-order valence-corrected chi connectivity index (χ3v) is 7.48. The predicted molar refractivity (Wildman–Crippen MR) is 156 cm³/mol. The second kappa shape index (κ2) is 12.5. The van der Waals surface area contributed by atoms with Gasteiger partial charge in [-0.2, -0.15) is 0 Å². The van der Waals surface area contributed by atoms with E-state index in [4.69, 9.17) is 0 Å². The number of thioether (sulfide) groups is 1. The van der Waals surface area contributed by atoms with Gasteiger partial charge in [-0.25, -0.2) is 18.7 Å². The quantitative estimate of drug-likeness (QED) is 0.233. The molecule has 1 aliphatic rings. The van der Waals surface area contributed by atoms with E-state index in [2.05, 4.69) is 36.9 Å². The van der Waals surface area contributed by atoms with Crippen LogP contribution in [0, 0.1) is 18.6 Å². The molecule has 0 unspecified atom stereocenters. The number of hydrogen-bond donors (Lipinski definition) is 3. The molecule has 5 rings (SSSR count). The molecule has 1 saturated heterocycles. The van der Waals surface area contributed by atoms with E-state index in [0.29, 0.717) is 11.4 Å². The minimum Gasteiger partial charge on any atom is -0.322 e. The van der Waals surface area contributed by atoms with Gasteiger partial charge in [0.15, 0.2) is 0 Å². The van der Waals surface area contributed by atoms with Crippen LogP contribution in [0.2, 0.25) is 0 Å². The summed E-state index contributed by atoms with van der Waals surface area (Å²) < 4.78 is 28.5. The number of amides is 1. The Hall–Kier alpha value is -3.86. The van der Waals surface area contributed by atoms with Gasteiger partial charge in [-0.1, -0.05) is 12.1 Å². The maximum Gasteiger partial charge on any atom is 0.255 e. The predicted octanol–water partition coefficient (Wildman–Crippen LogP) is 5.85. The highest BCUT2D eigenvalue weighted by atomic mass is 32.2. The summed E-state index contributed by atoms with van der Waals surface area (Å²) in [6, 6.07) is 16.3. The summed E-state index contributed by atoms with van der Waals surface area (Å²) in [6.45, 7) is 6.64. The van der Waals surface area contributed by atoms with E-state index < -0.39 is 11.7 Å². The number of carbonyl (C=O) groups excluding carboxylic acids is 1. The van der Waals surface area contributed by atoms with Crippen molar-refractivity contribution < 1.29 is 13.6 Å². The van der Waals surface area contributed by atoms with Crippen molar-refractivity contribution in [2.75, 3.05) is 43.1 Å². The zero-order valence-corrected chi connectivity index (χ0v) is 23.1. The van der Waals surface area contributed by atoms with E-state index in [0.717, 1.165) is 54.3 Å². The van der Waals surface area contributed by atoms with Crippen LogP contribution in [0.15, 0.2) is 71.8 Å². The molecule has 2 heterocycles. The Labute approximate surface area is 236 Å². The zero-order chi connectivity index (χ0) is 28.1. The maximum atomic E-state index is 15.1. The molecule has 1 aliphatic heterocycles. The molecule has 40 heavy (non-hydrogen) atoms. The van der Waals surface area contributed by atoms with Crippen molar-refractivity contribution in [3.05, 3.63) is 95.2 Å². The second-order valence-corrected chi connectivity index (χ2v) is 10.4. The molecule has 4 aromatic rings. The number of piperazine rings is 1. The number of nitrogens with one attached hydrogen (secondary N) is 3. The highest BCUT2D eigenvalue weighted by molar-refractivity contribution is 7.98. The minimum atomic E-state index is -0.613. The molecule has 0 bridgehead atoms. The average molecular weight is 561 g/mol. The Morgan fingerprint density at radius 3 is 2.52 bits per heavy atom. The number of benzene rings is 3. The van der Waals surface area contributed by atoms with E-state index in [9.17, 15) is 9.18 Å². The van der Waals surface area contributed by atoms with Gasteiger partial charge in [-0.05, 0) is 72.8 Å². The average Bonchev–Trinajstić information content (AvgIpc) is 2.97. The first-order valence-electron chi connectivity index (χ1n) is 13.0. The fourth-order valence-electron chi connectivity index (χ4n) is 4.50. The molecular weight excluding hydrogens is 530 g/mol. The van der Waals surface area contributed by atoms with Gasteiger partial charge in [0.1, 0.15) is 11.6 Å². The van der Waals surface area contributed by atoms with Crippen molar-refractivity contribution in [3.63, 3.8) is 0 Å². The Morgan fingerprint density at radius 2 is 1.80 bits per heavy atom. The number of anilines is 3. The standard InChI is InChI=1S/C30H30F2N6OS/c1-19-3-4-20(18-38-13-11-33-12-14-38)15-26(19)35-29(39)22-7-10-25(24(32)16-22)36-30-34-17-27(40-2)28(37-30)21-5-8-23(31)9-6-21/h3-10,15-17,33H,11-14,18H2,1-2H3,(H,35,39)(H,34,36,37). The summed E-state index contributed by atoms with van der Waals surface area (Å²) in [5.74, 6) is -1.17. The van der Waals surface area contributed by atoms with Crippen LogP contribution in [0.1, 0.15) is 21.5 Å². The van der Waals surface area contributed by atoms with Crippen molar-refractivity contribution in [2.45, 2.75) is 18.4 Å². The summed E-state index contributed by atoms with van der Waals surface area (Å²) in [5.41, 5.74) is 4.40. The first-order valence-corrected chi connectivity index (χ1v) is 14.2. The first kappa shape index (κ1) is 27.7. The highest BCUT2D eigenvalue weighted by Gasteiger charge is 2.15. The lowest BCUT2D eigenvalue weighted by Crippen LogP contribution is -2.42. The fraction of sp³-hybridized carbons (Fsp3) is 0.233. The van der Waals surface area contributed by atoms with Gasteiger partial charge in [0, 0.05) is 55.7 Å². The molecule has 1 amide bonds. The summed E-state index contributed by atoms with van der Waals surface area (Å²) in [6.07, 6.45) is 3.53. The molecule has 7 nitrogen and oxygen atoms in total. The SMILES string of the molecule is CSc1cnc(Nc2ccc(C(=O)Nc3cc(CN4CCNCC4)ccc3C)cc2F)nc1-c1ccc(F)cc1. The van der Waals surface area contributed by atoms with Crippen molar-refractivity contribution in [1.29, 1.82) is 0 Å². The van der Waals surface area contributed by atoms with Gasteiger partial charge < -0.3 is 16.0 Å². The van der Waals surface area contributed by atoms with Crippen LogP contribution >= 0.6 is 11.8 Å². The molecule has 0 spiro atoms. The fourth-order valence-corrected chi connectivity index (χ4v) is 5.01. The molecule has 3 aromatic carbocycles. The Morgan fingerprint density at radius 1 is 1.02 bits per heavy atom. The van der Waals surface area contributed by atoms with Gasteiger partial charge in [0.05, 0.1) is 16.3 Å². The molecule has 0 atom stereocenters. The van der Waals surface area contributed by atoms with Crippen LogP contribution in [0.25, 0.3) is 11.3 Å². The largest absolute Gasteiger partial charge is 0.322 e. The molecule has 3 N–H and O–H groups in total. The van der Waals surface area contributed by atoms with Gasteiger partial charge in [0.2, 0.25) is 5.95 Å². The van der Waals surface area contributed by atoms with Crippen molar-refractivity contribution in [1.82, 2.24) is 20.2 Å². The smallest absolute Gasteiger partial charge is 0.255 e. The highest BCUT2D eigenvalue weighted by Crippen LogP contribution is 2.30. The Balaban J connectivity index is 1.30. The minimum absolute atomic E-state index is 0.132. The van der Waals surface area contributed by atoms with Crippen LogP contribution in [0.5, 0.6) is 0 Å². The summed E-state index contributed by atoms with van der Waals surface area (Å²) in [5, 5.41) is 9.18. The van der Waals surface area contributed by atoms with E-state index >= 15 is 4.39 Å². The topological polar surface area (TPSA) is 82.2 Å². The molecule has 0 saturated carbocycles. The van der Waals surface area contributed by atoms with Crippen molar-refractivity contribution in [2.24, 2.45) is 0 Å². The van der Waals surface area contributed by atoms with Crippen LogP contribution in [-0.4, -0.2) is 53.2 Å². The van der Waals surface area contributed by atoms with E-state index in [1.165, 1.54) is 36.0 Å². The van der Waals surface area contributed by atoms with Crippen LogP contribution in [-0.2, 0) is 6.54 Å². The molecule has 1 fully saturated rings. The van der Waals surface area contributed by atoms with Crippen LogP contribution in [0.4, 0.5) is 26.1 Å². The van der Waals surface area contributed by atoms with Crippen molar-refractivity contribution >= 4 is 35.0 Å². The number of nitrogens with zero attached hydrogens (tertiary/aromatic N) is 3. The lowest BCUT2D eigenvalue weighted by molar-refractivity contribution is 0.102. The molecule has 0 aliphatic carbocycles. The lowest BCUT2D eigenvalue weighted by atomic mass is 10.1. The molecule has 206 valence electrons. The third kappa shape index (κ3) is 6.64. The Kier molecular flexibility index (Phi) is 8.69. The number of halogens is 2. The second-order valence-electron chi connectivity index (χ2n) is 9.57. The lowest BCUT2D eigenvalue weighted by Gasteiger charge is -2.27. The summed E-state index contributed by atoms with van der Waals surface area (Å²) in [4.78, 5) is 25.0. The first-order chi connectivity index (χ1) is 19.4. The van der Waals surface area contributed by atoms with Crippen LogP contribution < -0.4 is 16.0 Å². The molecule has 1 aromatic heterocycles. The number of aromatic nitrogens is 2. The number of carbonyl (C=O) groups is 1. The number of aryl methyl sites for hydroxylation is 1. The van der Waals surface area contributed by atoms with Gasteiger partial charge in [0.25, 0.3) is 5.91 Å². The number of rotatable bonds is 8. The zero-order valence-electron chi connectivity index (χ0n) is 22.3. The maximum absolute atomic E-state index is 15.1. The normalized spacial score (nSPS) is 13.7. The molecular formula is C30H30F2N6OS. The van der Waals surface area contributed by atoms with E-state index in [-0.39, 0.29) is 23.0 Å². The van der Waals surface area contributed by atoms with E-state index in [1.807, 2.05) is 25.3 Å². The van der Waals surface area contributed by atoms with E-state index in [1.54, 1.807) is 24.4 Å². The third-order valence-electron chi connectivity index (χ3n) is 6.74. The summed E-state index contributed by atoms with van der Waals surface area (Å²) >= 11 is 1.46. The molecule has 0 radical (unpaired) electrons. The number of hydrogen-bond acceptors (Lipinski definition) is 7. The van der Waals surface area contributed by atoms with Gasteiger partial charge >= 0.3 is 0 Å². The van der Waals surface area contributed by atoms with Gasteiger partial charge in [-0.3, -0.25) is 9.69 Å². The monoisotopic (exact) mass is 560 g/mol.